The Morgan fingerprint density at radius 3 is 0.944 bits per heavy atom. The summed E-state index contributed by atoms with van der Waals surface area (Å²) in [7, 11) is 0. The van der Waals surface area contributed by atoms with Gasteiger partial charge in [-0.2, -0.15) is 0 Å². The second-order valence-corrected chi connectivity index (χ2v) is 39.9. The summed E-state index contributed by atoms with van der Waals surface area (Å²) >= 11 is 5.56. The van der Waals surface area contributed by atoms with E-state index in [4.69, 9.17) is 44.3 Å². The predicted octanol–water partition coefficient (Wildman–Crippen LogP) is 36.9. The zero-order valence-corrected chi connectivity index (χ0v) is 79.7. The summed E-state index contributed by atoms with van der Waals surface area (Å²) in [4.78, 5) is 40.8. The first-order valence-electron chi connectivity index (χ1n) is 48.3. The molecule has 0 saturated heterocycles. The molecule has 31 rings (SSSR count). The molecule has 0 bridgehead atoms. The van der Waals surface area contributed by atoms with Gasteiger partial charge in [-0.3, -0.25) is 0 Å². The zero-order valence-electron chi connectivity index (χ0n) is 77.2. The third-order valence-electron chi connectivity index (χ3n) is 28.0. The molecule has 31 aromatic rings. The Bertz CT molecular complexity index is 10700. The molecule has 8 aromatic heterocycles. The molecular weight excluding hydrogens is 1810 g/mol. The van der Waals surface area contributed by atoms with Crippen molar-refractivity contribution in [1.82, 2.24) is 39.9 Å². The van der Waals surface area contributed by atoms with E-state index in [1.807, 2.05) is 82.5 Å². The number of benzene rings is 23. The SMILES string of the molecule is c1ccc(-c2nc(-c3ccc4c(ccc5c6ccccc6oc45)c3)nc3ccc4ccccc4c23)cc1.c1ccc(-c2nc(-c3ccc4cc5sc6ccccc6c5cc4c3)nc3c2ccc2ccccc23)cc1.c1ccc(-c2nc(-c3ccc4cc5sc6ccccc6c5cc4c3)nc3ccc4ccccc4c23)cc1.c1ccc(-c2nc(-c3ccc4cc5sc6ccccc6c5cc4c3)nc3ccccc23)cc1. The molecule has 0 atom stereocenters. The van der Waals surface area contributed by atoms with E-state index in [1.54, 1.807) is 0 Å². The smallest absolute Gasteiger partial charge is 0.160 e. The van der Waals surface area contributed by atoms with Crippen molar-refractivity contribution >= 4 is 235 Å². The second-order valence-electron chi connectivity index (χ2n) is 36.6. The van der Waals surface area contributed by atoms with E-state index in [0.717, 1.165) is 172 Å². The summed E-state index contributed by atoms with van der Waals surface area (Å²) in [6.45, 7) is 0. The fraction of sp³-hybridized carbons (Fsp3) is 0. The van der Waals surface area contributed by atoms with Crippen molar-refractivity contribution in [3.8, 4) is 90.6 Å². The molecule has 0 amide bonds. The third-order valence-corrected chi connectivity index (χ3v) is 31.4. The lowest BCUT2D eigenvalue weighted by molar-refractivity contribution is 0.672. The average molecular weight is 1890 g/mol. The number of nitrogens with zero attached hydrogens (tertiary/aromatic N) is 8. The average Bonchev–Trinajstić information content (AvgIpc) is 1.57. The first-order valence-corrected chi connectivity index (χ1v) is 50.7. The Balaban J connectivity index is 0.0000000935. The summed E-state index contributed by atoms with van der Waals surface area (Å²) in [5.41, 5.74) is 18.0. The van der Waals surface area contributed by atoms with Crippen molar-refractivity contribution in [3.05, 3.63) is 473 Å². The van der Waals surface area contributed by atoms with E-state index in [0.29, 0.717) is 5.82 Å². The van der Waals surface area contributed by atoms with Crippen molar-refractivity contribution in [2.45, 2.75) is 0 Å². The van der Waals surface area contributed by atoms with E-state index >= 15 is 0 Å². The molecule has 8 heterocycles. The van der Waals surface area contributed by atoms with Crippen LogP contribution in [0.5, 0.6) is 0 Å². The predicted molar refractivity (Wildman–Crippen MR) is 610 cm³/mol. The van der Waals surface area contributed by atoms with Crippen LogP contribution in [0.2, 0.25) is 0 Å². The summed E-state index contributed by atoms with van der Waals surface area (Å²) < 4.78 is 14.2. The zero-order chi connectivity index (χ0) is 94.8. The maximum Gasteiger partial charge on any atom is 0.160 e. The van der Waals surface area contributed by atoms with E-state index in [1.165, 1.54) is 114 Å². The van der Waals surface area contributed by atoms with Crippen molar-refractivity contribution in [1.29, 1.82) is 0 Å². The number of rotatable bonds is 8. The second kappa shape index (κ2) is 34.9. The molecule has 0 aliphatic heterocycles. The number of fused-ring (bicyclic) bond motifs is 27. The third kappa shape index (κ3) is 14.9. The molecule has 0 aliphatic rings. The van der Waals surface area contributed by atoms with E-state index < -0.39 is 0 Å². The van der Waals surface area contributed by atoms with Gasteiger partial charge in [0.1, 0.15) is 11.2 Å². The minimum atomic E-state index is 0.716. The Hall–Kier alpha value is -18.3. The molecule has 0 radical (unpaired) electrons. The van der Waals surface area contributed by atoms with E-state index in [-0.39, 0.29) is 0 Å². The van der Waals surface area contributed by atoms with Crippen LogP contribution < -0.4 is 0 Å². The molecule has 0 fully saturated rings. The maximum absolute atomic E-state index is 6.26. The summed E-state index contributed by atoms with van der Waals surface area (Å²) in [6, 6.07) is 167. The van der Waals surface area contributed by atoms with Crippen LogP contribution in [0.1, 0.15) is 0 Å². The number of hydrogen-bond acceptors (Lipinski definition) is 12. The van der Waals surface area contributed by atoms with Gasteiger partial charge < -0.3 is 4.42 Å². The standard InChI is InChI=1S/C34H20N2O.2C34H20N2S.C30H18N2S/c1-2-9-22(10-3-1)32-31-25-11-5-4-8-21(25)16-19-29(31)35-34(36-32)24-15-17-26-23(20-24)14-18-28-27-12-6-7-13-30(27)37-33(26)28;1-2-9-22(10-3-1)33-32-26-11-5-4-8-21(26)16-17-29(32)35-34(36-33)24-15-14-23-20-31-28(19-25(23)18-24)27-12-6-7-13-30(27)37-31;1-2-9-22(10-3-1)32-28-17-16-21-8-4-5-11-26(21)33(28)36-34(35-32)24-15-14-23-20-31-29(19-25(23)18-24)27-12-6-7-13-30(27)37-31;1-2-8-19(9-3-1)29-24-11-4-6-12-26(24)31-30(32-29)21-15-14-20-18-28-25(17-22(20)16-21)23-10-5-7-13-27(23)33-28/h3*1-20H;1-18H. The van der Waals surface area contributed by atoms with Gasteiger partial charge in [0.15, 0.2) is 23.3 Å². The van der Waals surface area contributed by atoms with Gasteiger partial charge in [0.2, 0.25) is 0 Å². The normalized spacial score (nSPS) is 11.8. The minimum Gasteiger partial charge on any atom is -0.455 e. The molecule has 670 valence electrons. The van der Waals surface area contributed by atoms with Crippen molar-refractivity contribution < 1.29 is 4.42 Å². The van der Waals surface area contributed by atoms with Crippen LogP contribution in [-0.4, -0.2) is 39.9 Å². The molecule has 9 nitrogen and oxygen atoms in total. The molecule has 23 aromatic carbocycles. The van der Waals surface area contributed by atoms with Crippen LogP contribution in [0, 0.1) is 0 Å². The van der Waals surface area contributed by atoms with Crippen LogP contribution >= 0.6 is 34.0 Å². The summed E-state index contributed by atoms with van der Waals surface area (Å²) in [5.74, 6) is 2.97. The Kier molecular flexibility index (Phi) is 20.3. The Morgan fingerprint density at radius 1 is 0.153 bits per heavy atom. The van der Waals surface area contributed by atoms with Crippen LogP contribution in [0.15, 0.2) is 478 Å². The Morgan fingerprint density at radius 2 is 0.472 bits per heavy atom. The lowest BCUT2D eigenvalue weighted by Gasteiger charge is -2.12. The number of thiophene rings is 3. The molecule has 144 heavy (non-hydrogen) atoms. The van der Waals surface area contributed by atoms with Gasteiger partial charge in [-0.15, -0.1) is 34.0 Å². The fourth-order valence-corrected chi connectivity index (χ4v) is 24.4. The lowest BCUT2D eigenvalue weighted by atomic mass is 9.99. The highest BCUT2D eigenvalue weighted by atomic mass is 32.1. The van der Waals surface area contributed by atoms with Crippen LogP contribution in [-0.2, 0) is 0 Å². The van der Waals surface area contributed by atoms with Gasteiger partial charge in [0.05, 0.1) is 44.8 Å². The van der Waals surface area contributed by atoms with Crippen LogP contribution in [0.3, 0.4) is 0 Å². The lowest BCUT2D eigenvalue weighted by Crippen LogP contribution is -1.96. The van der Waals surface area contributed by atoms with Gasteiger partial charge in [-0.25, -0.2) is 39.9 Å². The molecule has 0 spiro atoms. The molecular formula is C132H78N8OS3. The largest absolute Gasteiger partial charge is 0.455 e. The molecule has 0 unspecified atom stereocenters. The van der Waals surface area contributed by atoms with Gasteiger partial charge in [0.25, 0.3) is 0 Å². The number of aromatic nitrogens is 8. The van der Waals surface area contributed by atoms with Crippen LogP contribution in [0.4, 0.5) is 0 Å². The van der Waals surface area contributed by atoms with Crippen molar-refractivity contribution in [2.75, 3.05) is 0 Å². The Labute approximate surface area is 837 Å². The van der Waals surface area contributed by atoms with Gasteiger partial charge >= 0.3 is 0 Å². The monoisotopic (exact) mass is 1890 g/mol. The number of para-hydroxylation sites is 2. The first kappa shape index (κ1) is 83.8. The first-order chi connectivity index (χ1) is 71.3. The van der Waals surface area contributed by atoms with E-state index in [9.17, 15) is 0 Å². The quantitative estimate of drug-likeness (QED) is 0.137. The highest BCUT2D eigenvalue weighted by molar-refractivity contribution is 7.26. The van der Waals surface area contributed by atoms with E-state index in [2.05, 4.69) is 425 Å². The van der Waals surface area contributed by atoms with Gasteiger partial charge in [-0.1, -0.05) is 352 Å². The van der Waals surface area contributed by atoms with Crippen LogP contribution in [0.25, 0.3) is 292 Å². The molecule has 0 aliphatic carbocycles. The van der Waals surface area contributed by atoms with Crippen molar-refractivity contribution in [3.63, 3.8) is 0 Å². The highest BCUT2D eigenvalue weighted by Gasteiger charge is 2.23. The van der Waals surface area contributed by atoms with Gasteiger partial charge in [0, 0.05) is 148 Å². The number of hydrogen-bond donors (Lipinski definition) is 0. The highest BCUT2D eigenvalue weighted by Crippen LogP contribution is 2.46. The molecule has 12 heteroatoms. The fourth-order valence-electron chi connectivity index (χ4n) is 21.0. The number of furan rings is 1. The molecule has 0 N–H and O–H groups in total. The molecule has 0 saturated carbocycles. The van der Waals surface area contributed by atoms with Gasteiger partial charge in [-0.05, 0) is 186 Å². The summed E-state index contributed by atoms with van der Waals surface area (Å²) in [6.07, 6.45) is 0. The topological polar surface area (TPSA) is 116 Å². The maximum atomic E-state index is 6.26. The van der Waals surface area contributed by atoms with Crippen molar-refractivity contribution in [2.24, 2.45) is 0 Å². The minimum absolute atomic E-state index is 0.716. The summed E-state index contributed by atoms with van der Waals surface area (Å²) in [5, 5.41) is 31.0.